The molecule has 3 atom stereocenters. The number of methoxy groups -OCH3 is 1. The van der Waals surface area contributed by atoms with E-state index in [0.717, 1.165) is 12.8 Å². The first-order valence-corrected chi connectivity index (χ1v) is 5.00. The van der Waals surface area contributed by atoms with Crippen molar-refractivity contribution in [2.45, 2.75) is 38.4 Å². The smallest absolute Gasteiger partial charge is 0.320 e. The molecule has 1 aliphatic heterocycles. The maximum Gasteiger partial charge on any atom is 0.320 e. The van der Waals surface area contributed by atoms with Crippen LogP contribution in [0.25, 0.3) is 0 Å². The molecule has 1 aliphatic rings. The van der Waals surface area contributed by atoms with Gasteiger partial charge in [0.05, 0.1) is 19.3 Å². The Hall–Kier alpha value is -1.10. The number of aliphatic carboxylic acids is 1. The van der Waals surface area contributed by atoms with Gasteiger partial charge in [0.15, 0.2) is 5.92 Å². The first-order valence-electron chi connectivity index (χ1n) is 5.00. The molecule has 0 aromatic rings. The average molecular weight is 216 g/mol. The molecule has 1 fully saturated rings. The van der Waals surface area contributed by atoms with Gasteiger partial charge in [0.2, 0.25) is 0 Å². The summed E-state index contributed by atoms with van der Waals surface area (Å²) in [6, 6.07) is 0. The molecule has 1 N–H and O–H groups in total. The molecule has 86 valence electrons. The van der Waals surface area contributed by atoms with Gasteiger partial charge in [-0.2, -0.15) is 0 Å². The fourth-order valence-electron chi connectivity index (χ4n) is 1.76. The van der Waals surface area contributed by atoms with E-state index in [1.807, 2.05) is 6.92 Å². The fraction of sp³-hybridized carbons (Fsp3) is 0.800. The van der Waals surface area contributed by atoms with Crippen LogP contribution in [0.15, 0.2) is 0 Å². The predicted molar refractivity (Wildman–Crippen MR) is 51.3 cm³/mol. The zero-order valence-corrected chi connectivity index (χ0v) is 8.93. The van der Waals surface area contributed by atoms with Crippen LogP contribution in [0, 0.1) is 5.92 Å². The summed E-state index contributed by atoms with van der Waals surface area (Å²) in [6.07, 6.45) is 1.94. The summed E-state index contributed by atoms with van der Waals surface area (Å²) < 4.78 is 9.90. The lowest BCUT2D eigenvalue weighted by atomic mass is 10.00. The average Bonchev–Trinajstić information content (AvgIpc) is 2.59. The van der Waals surface area contributed by atoms with Gasteiger partial charge >= 0.3 is 11.9 Å². The molecule has 0 aliphatic carbocycles. The van der Waals surface area contributed by atoms with Crippen molar-refractivity contribution in [1.29, 1.82) is 0 Å². The highest BCUT2D eigenvalue weighted by atomic mass is 16.5. The highest BCUT2D eigenvalue weighted by molar-refractivity contribution is 5.93. The maximum atomic E-state index is 11.2. The monoisotopic (exact) mass is 216 g/mol. The lowest BCUT2D eigenvalue weighted by Gasteiger charge is -2.15. The van der Waals surface area contributed by atoms with E-state index in [1.54, 1.807) is 0 Å². The van der Waals surface area contributed by atoms with Gasteiger partial charge in [0.1, 0.15) is 0 Å². The van der Waals surface area contributed by atoms with Crippen LogP contribution >= 0.6 is 0 Å². The quantitative estimate of drug-likeness (QED) is 0.556. The minimum Gasteiger partial charge on any atom is -0.481 e. The van der Waals surface area contributed by atoms with E-state index in [0.29, 0.717) is 0 Å². The van der Waals surface area contributed by atoms with Crippen LogP contribution in [-0.4, -0.2) is 36.4 Å². The molecule has 0 saturated carbocycles. The Balaban J connectivity index is 2.51. The van der Waals surface area contributed by atoms with E-state index in [4.69, 9.17) is 9.84 Å². The molecule has 1 rings (SSSR count). The lowest BCUT2D eigenvalue weighted by molar-refractivity contribution is -0.158. The molecular formula is C10H16O5. The van der Waals surface area contributed by atoms with Crippen molar-refractivity contribution in [2.75, 3.05) is 7.11 Å². The first-order chi connectivity index (χ1) is 7.04. The van der Waals surface area contributed by atoms with Crippen molar-refractivity contribution in [3.63, 3.8) is 0 Å². The van der Waals surface area contributed by atoms with E-state index in [2.05, 4.69) is 4.74 Å². The van der Waals surface area contributed by atoms with E-state index >= 15 is 0 Å². The molecule has 0 bridgehead atoms. The molecular weight excluding hydrogens is 200 g/mol. The third-order valence-electron chi connectivity index (χ3n) is 2.60. The Labute approximate surface area is 88.4 Å². The van der Waals surface area contributed by atoms with Crippen LogP contribution in [0.4, 0.5) is 0 Å². The summed E-state index contributed by atoms with van der Waals surface area (Å²) in [5, 5.41) is 8.84. The number of hydrogen-bond acceptors (Lipinski definition) is 4. The standard InChI is InChI=1S/C10H16O5/c1-6-3-4-7(15-6)5-8(9(11)12)10(13)14-2/h6-8H,3-5H2,1-2H3,(H,11,12). The third-order valence-corrected chi connectivity index (χ3v) is 2.60. The van der Waals surface area contributed by atoms with Crippen molar-refractivity contribution < 1.29 is 24.2 Å². The minimum atomic E-state index is -1.15. The molecule has 5 nitrogen and oxygen atoms in total. The second kappa shape index (κ2) is 5.11. The lowest BCUT2D eigenvalue weighted by Crippen LogP contribution is -2.29. The molecule has 1 saturated heterocycles. The summed E-state index contributed by atoms with van der Waals surface area (Å²) in [4.78, 5) is 22.0. The molecule has 0 amide bonds. The Morgan fingerprint density at radius 1 is 1.53 bits per heavy atom. The molecule has 0 spiro atoms. The van der Waals surface area contributed by atoms with E-state index in [9.17, 15) is 9.59 Å². The Kier molecular flexibility index (Phi) is 4.08. The van der Waals surface area contributed by atoms with Gasteiger partial charge in [-0.1, -0.05) is 0 Å². The number of carboxylic acids is 1. The van der Waals surface area contributed by atoms with Crippen molar-refractivity contribution in [2.24, 2.45) is 5.92 Å². The third kappa shape index (κ3) is 3.20. The van der Waals surface area contributed by atoms with Crippen LogP contribution in [0.2, 0.25) is 0 Å². The van der Waals surface area contributed by atoms with Crippen molar-refractivity contribution in [3.05, 3.63) is 0 Å². The molecule has 1 heterocycles. The van der Waals surface area contributed by atoms with Gasteiger partial charge in [-0.15, -0.1) is 0 Å². The van der Waals surface area contributed by atoms with Gasteiger partial charge in [-0.05, 0) is 26.2 Å². The summed E-state index contributed by atoms with van der Waals surface area (Å²) in [7, 11) is 1.19. The highest BCUT2D eigenvalue weighted by Gasteiger charge is 2.33. The van der Waals surface area contributed by atoms with Gasteiger partial charge in [-0.3, -0.25) is 9.59 Å². The van der Waals surface area contributed by atoms with Crippen molar-refractivity contribution in [3.8, 4) is 0 Å². The molecule has 5 heteroatoms. The Morgan fingerprint density at radius 2 is 2.20 bits per heavy atom. The van der Waals surface area contributed by atoms with Gasteiger partial charge < -0.3 is 14.6 Å². The van der Waals surface area contributed by atoms with Crippen LogP contribution in [0.5, 0.6) is 0 Å². The van der Waals surface area contributed by atoms with Crippen molar-refractivity contribution in [1.82, 2.24) is 0 Å². The maximum absolute atomic E-state index is 11.2. The molecule has 0 aromatic heterocycles. The van der Waals surface area contributed by atoms with Crippen molar-refractivity contribution >= 4 is 11.9 Å². The zero-order valence-electron chi connectivity index (χ0n) is 8.93. The van der Waals surface area contributed by atoms with Gasteiger partial charge in [0.25, 0.3) is 0 Å². The number of carbonyl (C=O) groups excluding carboxylic acids is 1. The summed E-state index contributed by atoms with van der Waals surface area (Å²) in [6.45, 7) is 1.94. The number of rotatable bonds is 4. The second-order valence-electron chi connectivity index (χ2n) is 3.80. The Bertz CT molecular complexity index is 250. The summed E-state index contributed by atoms with van der Waals surface area (Å²) >= 11 is 0. The first kappa shape index (κ1) is 12.0. The number of ether oxygens (including phenoxy) is 2. The number of carboxylic acid groups (broad SMARTS) is 1. The topological polar surface area (TPSA) is 72.8 Å². The second-order valence-corrected chi connectivity index (χ2v) is 3.80. The SMILES string of the molecule is COC(=O)C(CC1CCC(C)O1)C(=O)O. The van der Waals surface area contributed by atoms with Gasteiger partial charge in [-0.25, -0.2) is 0 Å². The minimum absolute atomic E-state index is 0.139. The summed E-state index contributed by atoms with van der Waals surface area (Å²) in [5.74, 6) is -2.96. The molecule has 3 unspecified atom stereocenters. The van der Waals surface area contributed by atoms with Crippen LogP contribution in [0.1, 0.15) is 26.2 Å². The zero-order chi connectivity index (χ0) is 11.4. The predicted octanol–water partition coefficient (Wildman–Crippen LogP) is 0.818. The highest BCUT2D eigenvalue weighted by Crippen LogP contribution is 2.25. The Morgan fingerprint density at radius 3 is 2.60 bits per heavy atom. The number of hydrogen-bond donors (Lipinski definition) is 1. The molecule has 0 radical (unpaired) electrons. The largest absolute Gasteiger partial charge is 0.481 e. The van der Waals surface area contributed by atoms with Crippen LogP contribution < -0.4 is 0 Å². The van der Waals surface area contributed by atoms with Gasteiger partial charge in [0, 0.05) is 0 Å². The number of carbonyl (C=O) groups is 2. The van der Waals surface area contributed by atoms with E-state index < -0.39 is 17.9 Å². The molecule has 15 heavy (non-hydrogen) atoms. The molecule has 0 aromatic carbocycles. The van der Waals surface area contributed by atoms with Crippen LogP contribution in [-0.2, 0) is 19.1 Å². The fourth-order valence-corrected chi connectivity index (χ4v) is 1.76. The van der Waals surface area contributed by atoms with E-state index in [1.165, 1.54) is 7.11 Å². The normalized spacial score (nSPS) is 27.3. The summed E-state index contributed by atoms with van der Waals surface area (Å²) in [5.41, 5.74) is 0. The van der Waals surface area contributed by atoms with Crippen LogP contribution in [0.3, 0.4) is 0 Å². The van der Waals surface area contributed by atoms with E-state index in [-0.39, 0.29) is 18.6 Å². The number of esters is 1.